The predicted octanol–water partition coefficient (Wildman–Crippen LogP) is 6.43. The van der Waals surface area contributed by atoms with Gasteiger partial charge in [0.1, 0.15) is 12.4 Å². The maximum atomic E-state index is 12.9. The molecule has 0 spiro atoms. The molecule has 1 amide bonds. The van der Waals surface area contributed by atoms with Crippen molar-refractivity contribution in [1.29, 1.82) is 0 Å². The lowest BCUT2D eigenvalue weighted by molar-refractivity contribution is -0.137. The van der Waals surface area contributed by atoms with Crippen molar-refractivity contribution in [1.82, 2.24) is 9.78 Å². The standard InChI is InChI=1S/C25H19ClF3N3O2/c26-22-9-1-2-10-23(22)34-16-18-6-3-7-19(11-18)24(33)31-21-13-30-32(15-21)14-17-5-4-8-20(12-17)25(27,28)29/h1-13,15H,14,16H2,(H,31,33). The number of amides is 1. The average molecular weight is 486 g/mol. The van der Waals surface area contributed by atoms with Gasteiger partial charge in [0.15, 0.2) is 0 Å². The van der Waals surface area contributed by atoms with Crippen molar-refractivity contribution in [2.75, 3.05) is 5.32 Å². The number of rotatable bonds is 7. The van der Waals surface area contributed by atoms with E-state index in [9.17, 15) is 18.0 Å². The predicted molar refractivity (Wildman–Crippen MR) is 123 cm³/mol. The molecule has 5 nitrogen and oxygen atoms in total. The molecule has 3 aromatic carbocycles. The Morgan fingerprint density at radius 3 is 2.56 bits per heavy atom. The van der Waals surface area contributed by atoms with Crippen molar-refractivity contribution in [2.24, 2.45) is 0 Å². The fourth-order valence-corrected chi connectivity index (χ4v) is 3.47. The number of nitrogens with one attached hydrogen (secondary N) is 1. The molecule has 0 bridgehead atoms. The first-order valence-corrected chi connectivity index (χ1v) is 10.6. The van der Waals surface area contributed by atoms with E-state index in [2.05, 4.69) is 10.4 Å². The first-order chi connectivity index (χ1) is 16.3. The molecule has 0 aliphatic rings. The highest BCUT2D eigenvalue weighted by Gasteiger charge is 2.30. The van der Waals surface area contributed by atoms with Crippen LogP contribution in [0.3, 0.4) is 0 Å². The number of hydrogen-bond acceptors (Lipinski definition) is 3. The summed E-state index contributed by atoms with van der Waals surface area (Å²) in [6.45, 7) is 0.369. The monoisotopic (exact) mass is 485 g/mol. The summed E-state index contributed by atoms with van der Waals surface area (Å²) in [5.74, 6) is 0.199. The number of carbonyl (C=O) groups excluding carboxylic acids is 1. The second kappa shape index (κ2) is 10.0. The number of alkyl halides is 3. The summed E-state index contributed by atoms with van der Waals surface area (Å²) in [5, 5.41) is 7.37. The van der Waals surface area contributed by atoms with Gasteiger partial charge in [0.25, 0.3) is 5.91 Å². The van der Waals surface area contributed by atoms with Crippen LogP contribution in [0, 0.1) is 0 Å². The topological polar surface area (TPSA) is 56.2 Å². The van der Waals surface area contributed by atoms with Crippen molar-refractivity contribution in [3.63, 3.8) is 0 Å². The summed E-state index contributed by atoms with van der Waals surface area (Å²) in [6.07, 6.45) is -1.41. The third-order valence-corrected chi connectivity index (χ3v) is 5.22. The molecule has 4 aromatic rings. The van der Waals surface area contributed by atoms with Crippen LogP contribution in [0.4, 0.5) is 18.9 Å². The minimum absolute atomic E-state index is 0.134. The van der Waals surface area contributed by atoms with Gasteiger partial charge >= 0.3 is 6.18 Å². The highest BCUT2D eigenvalue weighted by Crippen LogP contribution is 2.29. The van der Waals surface area contributed by atoms with Crippen molar-refractivity contribution in [3.8, 4) is 5.75 Å². The molecule has 34 heavy (non-hydrogen) atoms. The van der Waals surface area contributed by atoms with Crippen LogP contribution in [0.5, 0.6) is 5.75 Å². The van der Waals surface area contributed by atoms with Gasteiger partial charge in [-0.25, -0.2) is 0 Å². The third-order valence-electron chi connectivity index (χ3n) is 4.91. The minimum Gasteiger partial charge on any atom is -0.487 e. The Morgan fingerprint density at radius 2 is 1.76 bits per heavy atom. The second-order valence-corrected chi connectivity index (χ2v) is 7.91. The van der Waals surface area contributed by atoms with E-state index >= 15 is 0 Å². The molecular formula is C25H19ClF3N3O2. The highest BCUT2D eigenvalue weighted by molar-refractivity contribution is 6.32. The Morgan fingerprint density at radius 1 is 1.00 bits per heavy atom. The molecule has 1 aromatic heterocycles. The van der Waals surface area contributed by atoms with E-state index < -0.39 is 11.7 Å². The first kappa shape index (κ1) is 23.4. The Kier molecular flexibility index (Phi) is 6.88. The maximum Gasteiger partial charge on any atom is 0.416 e. The number of nitrogens with zero attached hydrogens (tertiary/aromatic N) is 2. The molecule has 0 saturated heterocycles. The lowest BCUT2D eigenvalue weighted by Gasteiger charge is -2.09. The zero-order chi connectivity index (χ0) is 24.1. The van der Waals surface area contributed by atoms with Gasteiger partial charge in [-0.05, 0) is 47.5 Å². The van der Waals surface area contributed by atoms with Gasteiger partial charge in [-0.2, -0.15) is 18.3 Å². The quantitative estimate of drug-likeness (QED) is 0.328. The van der Waals surface area contributed by atoms with Gasteiger partial charge < -0.3 is 10.1 Å². The third kappa shape index (κ3) is 5.96. The summed E-state index contributed by atoms with van der Waals surface area (Å²) in [5.41, 5.74) is 1.36. The SMILES string of the molecule is O=C(Nc1cnn(Cc2cccc(C(F)(F)F)c2)c1)c1cccc(COc2ccccc2Cl)c1. The number of carbonyl (C=O) groups is 1. The van der Waals surface area contributed by atoms with E-state index in [-0.39, 0.29) is 19.1 Å². The van der Waals surface area contributed by atoms with Crippen LogP contribution in [0.2, 0.25) is 5.02 Å². The van der Waals surface area contributed by atoms with Gasteiger partial charge in [0, 0.05) is 11.8 Å². The Labute approximate surface area is 198 Å². The number of ether oxygens (including phenoxy) is 1. The van der Waals surface area contributed by atoms with E-state index in [1.807, 2.05) is 18.2 Å². The Balaban J connectivity index is 1.38. The molecule has 4 rings (SSSR count). The molecule has 1 heterocycles. The fraction of sp³-hybridized carbons (Fsp3) is 0.120. The van der Waals surface area contributed by atoms with E-state index in [0.29, 0.717) is 27.6 Å². The smallest absolute Gasteiger partial charge is 0.416 e. The Hall–Kier alpha value is -3.78. The minimum atomic E-state index is -4.41. The van der Waals surface area contributed by atoms with Crippen LogP contribution in [-0.4, -0.2) is 15.7 Å². The summed E-state index contributed by atoms with van der Waals surface area (Å²) in [7, 11) is 0. The van der Waals surface area contributed by atoms with Crippen LogP contribution in [0.15, 0.2) is 85.2 Å². The molecule has 0 fully saturated rings. The van der Waals surface area contributed by atoms with Gasteiger partial charge in [-0.1, -0.05) is 48.0 Å². The number of benzene rings is 3. The van der Waals surface area contributed by atoms with Crippen LogP contribution < -0.4 is 10.1 Å². The lowest BCUT2D eigenvalue weighted by Crippen LogP contribution is -2.12. The molecule has 0 saturated carbocycles. The van der Waals surface area contributed by atoms with Crippen molar-refractivity contribution in [2.45, 2.75) is 19.3 Å². The Bertz CT molecular complexity index is 1300. The largest absolute Gasteiger partial charge is 0.487 e. The summed E-state index contributed by atoms with van der Waals surface area (Å²) >= 11 is 6.10. The summed E-state index contributed by atoms with van der Waals surface area (Å²) in [4.78, 5) is 12.7. The molecule has 1 N–H and O–H groups in total. The lowest BCUT2D eigenvalue weighted by atomic mass is 10.1. The van der Waals surface area contributed by atoms with Crippen LogP contribution in [-0.2, 0) is 19.3 Å². The first-order valence-electron chi connectivity index (χ1n) is 10.2. The zero-order valence-electron chi connectivity index (χ0n) is 17.7. The van der Waals surface area contributed by atoms with Gasteiger partial charge in [-0.15, -0.1) is 0 Å². The van der Waals surface area contributed by atoms with Gasteiger partial charge in [0.05, 0.1) is 29.0 Å². The molecule has 174 valence electrons. The van der Waals surface area contributed by atoms with Crippen LogP contribution in [0.1, 0.15) is 27.0 Å². The molecular weight excluding hydrogens is 467 g/mol. The number of anilines is 1. The molecule has 9 heteroatoms. The average Bonchev–Trinajstić information content (AvgIpc) is 3.25. The van der Waals surface area contributed by atoms with Crippen LogP contribution >= 0.6 is 11.6 Å². The van der Waals surface area contributed by atoms with Crippen LogP contribution in [0.25, 0.3) is 0 Å². The summed E-state index contributed by atoms with van der Waals surface area (Å²) in [6, 6.07) is 19.1. The number of para-hydroxylation sites is 1. The molecule has 0 aliphatic heterocycles. The van der Waals surface area contributed by atoms with E-state index in [1.165, 1.54) is 16.9 Å². The number of halogens is 4. The molecule has 0 aliphatic carbocycles. The molecule has 0 atom stereocenters. The number of hydrogen-bond donors (Lipinski definition) is 1. The van der Waals surface area contributed by atoms with Crippen molar-refractivity contribution in [3.05, 3.63) is 112 Å². The normalized spacial score (nSPS) is 11.3. The van der Waals surface area contributed by atoms with E-state index in [4.69, 9.17) is 16.3 Å². The van der Waals surface area contributed by atoms with Gasteiger partial charge in [0.2, 0.25) is 0 Å². The van der Waals surface area contributed by atoms with Crippen molar-refractivity contribution < 1.29 is 22.7 Å². The highest BCUT2D eigenvalue weighted by atomic mass is 35.5. The van der Waals surface area contributed by atoms with Gasteiger partial charge in [-0.3, -0.25) is 9.48 Å². The fourth-order valence-electron chi connectivity index (χ4n) is 3.28. The number of aromatic nitrogens is 2. The van der Waals surface area contributed by atoms with E-state index in [1.54, 1.807) is 42.6 Å². The summed E-state index contributed by atoms with van der Waals surface area (Å²) < 4.78 is 45.9. The van der Waals surface area contributed by atoms with E-state index in [0.717, 1.165) is 17.7 Å². The van der Waals surface area contributed by atoms with Crippen molar-refractivity contribution >= 4 is 23.2 Å². The molecule has 0 unspecified atom stereocenters. The maximum absolute atomic E-state index is 12.9. The second-order valence-electron chi connectivity index (χ2n) is 7.50. The molecule has 0 radical (unpaired) electrons. The zero-order valence-corrected chi connectivity index (χ0v) is 18.5.